The van der Waals surface area contributed by atoms with Crippen LogP contribution in [-0.4, -0.2) is 19.2 Å². The molecule has 3 aromatic rings. The third kappa shape index (κ3) is 5.70. The Bertz CT molecular complexity index is 1060. The molecule has 0 N–H and O–H groups in total. The smallest absolute Gasteiger partial charge is 0.339 e. The van der Waals surface area contributed by atoms with Crippen molar-refractivity contribution in [2.75, 3.05) is 0 Å². The van der Waals surface area contributed by atoms with Gasteiger partial charge in [-0.1, -0.05) is 19.1 Å². The highest BCUT2D eigenvalue weighted by atomic mass is 32.2. The summed E-state index contributed by atoms with van der Waals surface area (Å²) in [4.78, 5) is 14.0. The molecule has 0 fully saturated rings. The van der Waals surface area contributed by atoms with E-state index in [-0.39, 0.29) is 16.6 Å². The third-order valence-electron chi connectivity index (χ3n) is 4.35. The topological polar surface area (TPSA) is 76.8 Å². The Balaban J connectivity index is 1.70. The lowest BCUT2D eigenvalue weighted by atomic mass is 10.2. The van der Waals surface area contributed by atoms with Crippen LogP contribution in [0.15, 0.2) is 76.2 Å². The van der Waals surface area contributed by atoms with Gasteiger partial charge in [0.15, 0.2) is 0 Å². The van der Waals surface area contributed by atoms with Crippen molar-refractivity contribution < 1.29 is 26.2 Å². The van der Waals surface area contributed by atoms with E-state index in [2.05, 4.69) is 0 Å². The summed E-state index contributed by atoms with van der Waals surface area (Å²) < 4.78 is 48.1. The van der Waals surface area contributed by atoms with Crippen molar-refractivity contribution >= 4 is 16.0 Å². The number of hydrogen-bond acceptors (Lipinski definition) is 5. The number of carbonyl (C=O) groups excluding carboxylic acids is 1. The monoisotopic (exact) mass is 431 g/mol. The Morgan fingerprint density at radius 2 is 1.73 bits per heavy atom. The number of amides is 1. The van der Waals surface area contributed by atoms with Crippen LogP contribution in [-0.2, 0) is 28.0 Å². The summed E-state index contributed by atoms with van der Waals surface area (Å²) in [6, 6.07) is 14.4. The molecule has 0 atom stereocenters. The fourth-order valence-electron chi connectivity index (χ4n) is 2.84. The van der Waals surface area contributed by atoms with Crippen LogP contribution in [0.1, 0.15) is 31.1 Å². The van der Waals surface area contributed by atoms with Gasteiger partial charge in [0, 0.05) is 13.0 Å². The van der Waals surface area contributed by atoms with E-state index in [4.69, 9.17) is 8.60 Å². The molecule has 2 aromatic carbocycles. The Labute approximate surface area is 175 Å². The van der Waals surface area contributed by atoms with E-state index < -0.39 is 15.9 Å². The maximum Gasteiger partial charge on any atom is 0.339 e. The molecule has 0 aliphatic heterocycles. The van der Waals surface area contributed by atoms with Crippen LogP contribution in [0, 0.1) is 5.82 Å². The van der Waals surface area contributed by atoms with Gasteiger partial charge in [-0.25, -0.2) is 4.39 Å². The average molecular weight is 431 g/mol. The van der Waals surface area contributed by atoms with E-state index in [0.717, 1.165) is 36.2 Å². The SMILES string of the molecule is CCCC(=O)N(Cc1ccc(OS(=O)(=O)c2ccc(F)cc2)cc1)Cc1ccco1. The predicted molar refractivity (Wildman–Crippen MR) is 109 cm³/mol. The summed E-state index contributed by atoms with van der Waals surface area (Å²) in [5.74, 6) is 0.286. The van der Waals surface area contributed by atoms with Crippen LogP contribution in [0.5, 0.6) is 5.75 Å². The van der Waals surface area contributed by atoms with E-state index in [1.165, 1.54) is 12.1 Å². The summed E-state index contributed by atoms with van der Waals surface area (Å²) >= 11 is 0. The van der Waals surface area contributed by atoms with Gasteiger partial charge in [0.2, 0.25) is 5.91 Å². The van der Waals surface area contributed by atoms with Crippen molar-refractivity contribution in [2.24, 2.45) is 0 Å². The molecule has 158 valence electrons. The first-order chi connectivity index (χ1) is 14.4. The molecule has 0 aliphatic rings. The zero-order chi connectivity index (χ0) is 21.6. The average Bonchev–Trinajstić information content (AvgIpc) is 3.22. The molecule has 30 heavy (non-hydrogen) atoms. The van der Waals surface area contributed by atoms with Crippen molar-refractivity contribution in [1.29, 1.82) is 0 Å². The first-order valence-electron chi connectivity index (χ1n) is 9.46. The third-order valence-corrected chi connectivity index (χ3v) is 5.61. The largest absolute Gasteiger partial charge is 0.467 e. The summed E-state index contributed by atoms with van der Waals surface area (Å²) in [6.07, 6.45) is 2.73. The molecule has 0 saturated heterocycles. The van der Waals surface area contributed by atoms with Gasteiger partial charge >= 0.3 is 10.1 Å². The van der Waals surface area contributed by atoms with Gasteiger partial charge in [-0.15, -0.1) is 0 Å². The first kappa shape index (κ1) is 21.6. The molecule has 1 aromatic heterocycles. The maximum atomic E-state index is 13.0. The highest BCUT2D eigenvalue weighted by molar-refractivity contribution is 7.87. The molecule has 0 unspecified atom stereocenters. The van der Waals surface area contributed by atoms with Gasteiger partial charge < -0.3 is 13.5 Å². The lowest BCUT2D eigenvalue weighted by Gasteiger charge is -2.22. The minimum absolute atomic E-state index is 0.00751. The van der Waals surface area contributed by atoms with E-state index in [1.807, 2.05) is 13.0 Å². The summed E-state index contributed by atoms with van der Waals surface area (Å²) in [7, 11) is -4.06. The van der Waals surface area contributed by atoms with Gasteiger partial charge in [-0.2, -0.15) is 8.42 Å². The summed E-state index contributed by atoms with van der Waals surface area (Å²) in [5, 5.41) is 0. The molecular formula is C22H22FNO5S. The van der Waals surface area contributed by atoms with Gasteiger partial charge in [-0.05, 0) is 60.5 Å². The number of nitrogens with zero attached hydrogens (tertiary/aromatic N) is 1. The van der Waals surface area contributed by atoms with E-state index in [1.54, 1.807) is 29.4 Å². The zero-order valence-corrected chi connectivity index (χ0v) is 17.3. The molecule has 3 rings (SSSR count). The first-order valence-corrected chi connectivity index (χ1v) is 10.9. The number of halogens is 1. The maximum absolute atomic E-state index is 13.0. The van der Waals surface area contributed by atoms with Crippen LogP contribution < -0.4 is 4.18 Å². The minimum Gasteiger partial charge on any atom is -0.467 e. The Hall–Kier alpha value is -3.13. The second-order valence-electron chi connectivity index (χ2n) is 6.71. The molecule has 0 saturated carbocycles. The number of rotatable bonds is 9. The predicted octanol–water partition coefficient (Wildman–Crippen LogP) is 4.52. The molecular weight excluding hydrogens is 409 g/mol. The van der Waals surface area contributed by atoms with Gasteiger partial charge in [0.1, 0.15) is 22.2 Å². The lowest BCUT2D eigenvalue weighted by molar-refractivity contribution is -0.132. The van der Waals surface area contributed by atoms with Crippen molar-refractivity contribution in [3.8, 4) is 5.75 Å². The van der Waals surface area contributed by atoms with Gasteiger partial charge in [0.05, 0.1) is 12.8 Å². The minimum atomic E-state index is -4.06. The Morgan fingerprint density at radius 3 is 2.33 bits per heavy atom. The molecule has 0 radical (unpaired) electrons. The van der Waals surface area contributed by atoms with Crippen molar-refractivity contribution in [3.05, 3.63) is 84.1 Å². The van der Waals surface area contributed by atoms with Crippen LogP contribution in [0.25, 0.3) is 0 Å². The summed E-state index contributed by atoms with van der Waals surface area (Å²) in [5.41, 5.74) is 0.817. The van der Waals surface area contributed by atoms with E-state index >= 15 is 0 Å². The fraction of sp³-hybridized carbons (Fsp3) is 0.227. The molecule has 0 aliphatic carbocycles. The molecule has 1 heterocycles. The molecule has 0 bridgehead atoms. The van der Waals surface area contributed by atoms with Crippen LogP contribution >= 0.6 is 0 Å². The van der Waals surface area contributed by atoms with Gasteiger partial charge in [0.25, 0.3) is 0 Å². The van der Waals surface area contributed by atoms with Crippen molar-refractivity contribution in [2.45, 2.75) is 37.8 Å². The Morgan fingerprint density at radius 1 is 1.03 bits per heavy atom. The number of hydrogen-bond donors (Lipinski definition) is 0. The highest BCUT2D eigenvalue weighted by Crippen LogP contribution is 2.21. The molecule has 1 amide bonds. The molecule has 8 heteroatoms. The number of furan rings is 1. The Kier molecular flexibility index (Phi) is 6.89. The zero-order valence-electron chi connectivity index (χ0n) is 16.5. The fourth-order valence-corrected chi connectivity index (χ4v) is 3.77. The molecule has 6 nitrogen and oxygen atoms in total. The lowest BCUT2D eigenvalue weighted by Crippen LogP contribution is -2.29. The van der Waals surface area contributed by atoms with Crippen LogP contribution in [0.4, 0.5) is 4.39 Å². The van der Waals surface area contributed by atoms with Crippen molar-refractivity contribution in [1.82, 2.24) is 4.90 Å². The molecule has 0 spiro atoms. The van der Waals surface area contributed by atoms with E-state index in [9.17, 15) is 17.6 Å². The number of benzene rings is 2. The number of carbonyl (C=O) groups is 1. The highest BCUT2D eigenvalue weighted by Gasteiger charge is 2.18. The van der Waals surface area contributed by atoms with Crippen molar-refractivity contribution in [3.63, 3.8) is 0 Å². The summed E-state index contributed by atoms with van der Waals surface area (Å²) in [6.45, 7) is 2.64. The van der Waals surface area contributed by atoms with Crippen LogP contribution in [0.2, 0.25) is 0 Å². The van der Waals surface area contributed by atoms with E-state index in [0.29, 0.717) is 25.3 Å². The quantitative estimate of drug-likeness (QED) is 0.466. The van der Waals surface area contributed by atoms with Crippen LogP contribution in [0.3, 0.4) is 0 Å². The standard InChI is InChI=1S/C22H22FNO5S/c1-2-4-22(25)24(16-20-5-3-14-28-20)15-17-6-10-19(11-7-17)29-30(26,27)21-12-8-18(23)9-13-21/h3,5-14H,2,4,15-16H2,1H3. The normalized spacial score (nSPS) is 11.3. The van der Waals surface area contributed by atoms with Gasteiger partial charge in [-0.3, -0.25) is 4.79 Å². The second-order valence-corrected chi connectivity index (χ2v) is 8.26. The second kappa shape index (κ2) is 9.58.